The van der Waals surface area contributed by atoms with Crippen molar-refractivity contribution in [2.24, 2.45) is 5.92 Å². The molecule has 0 aromatic heterocycles. The Balaban J connectivity index is 2.26. The molecule has 110 valence electrons. The first-order valence-electron chi connectivity index (χ1n) is 7.04. The van der Waals surface area contributed by atoms with Crippen LogP contribution in [0.15, 0.2) is 42.5 Å². The monoisotopic (exact) mass is 284 g/mol. The van der Waals surface area contributed by atoms with E-state index in [1.165, 1.54) is 6.92 Å². The summed E-state index contributed by atoms with van der Waals surface area (Å²) in [6.07, 6.45) is 0. The van der Waals surface area contributed by atoms with Crippen molar-refractivity contribution in [2.75, 3.05) is 5.32 Å². The quantitative estimate of drug-likeness (QED) is 0.907. The van der Waals surface area contributed by atoms with Crippen LogP contribution in [0.1, 0.15) is 20.8 Å². The Kier molecular flexibility index (Phi) is 4.58. The van der Waals surface area contributed by atoms with Gasteiger partial charge in [-0.2, -0.15) is 0 Å². The molecular formula is C17H20N2O2. The number of carbonyl (C=O) groups excluding carboxylic acids is 2. The van der Waals surface area contributed by atoms with Gasteiger partial charge < -0.3 is 10.6 Å². The van der Waals surface area contributed by atoms with E-state index < -0.39 is 6.04 Å². The van der Waals surface area contributed by atoms with E-state index in [0.717, 1.165) is 16.5 Å². The second kappa shape index (κ2) is 6.39. The van der Waals surface area contributed by atoms with Gasteiger partial charge in [0.25, 0.3) is 0 Å². The molecule has 0 saturated carbocycles. The minimum atomic E-state index is -0.540. The first-order chi connectivity index (χ1) is 9.99. The third-order valence-corrected chi connectivity index (χ3v) is 3.36. The van der Waals surface area contributed by atoms with E-state index in [1.54, 1.807) is 0 Å². The largest absolute Gasteiger partial charge is 0.344 e. The van der Waals surface area contributed by atoms with E-state index in [-0.39, 0.29) is 17.7 Å². The highest BCUT2D eigenvalue weighted by atomic mass is 16.2. The van der Waals surface area contributed by atoms with Crippen molar-refractivity contribution in [3.8, 4) is 0 Å². The maximum absolute atomic E-state index is 12.4. The number of benzene rings is 2. The van der Waals surface area contributed by atoms with Crippen LogP contribution in [-0.4, -0.2) is 17.9 Å². The molecule has 0 saturated heterocycles. The molecule has 0 unspecified atom stereocenters. The van der Waals surface area contributed by atoms with Crippen LogP contribution in [0.4, 0.5) is 5.69 Å². The third kappa shape index (κ3) is 3.60. The van der Waals surface area contributed by atoms with E-state index in [9.17, 15) is 9.59 Å². The van der Waals surface area contributed by atoms with Crippen molar-refractivity contribution in [3.63, 3.8) is 0 Å². The maximum atomic E-state index is 12.4. The van der Waals surface area contributed by atoms with Crippen molar-refractivity contribution in [2.45, 2.75) is 26.8 Å². The Morgan fingerprint density at radius 3 is 2.33 bits per heavy atom. The fourth-order valence-corrected chi connectivity index (χ4v) is 2.30. The minimum absolute atomic E-state index is 0.0175. The molecular weight excluding hydrogens is 264 g/mol. The molecule has 0 radical (unpaired) electrons. The molecule has 0 bridgehead atoms. The molecule has 0 aliphatic carbocycles. The summed E-state index contributed by atoms with van der Waals surface area (Å²) in [6, 6.07) is 13.1. The lowest BCUT2D eigenvalue weighted by molar-refractivity contribution is -0.126. The van der Waals surface area contributed by atoms with Gasteiger partial charge in [0.1, 0.15) is 6.04 Å². The van der Waals surface area contributed by atoms with Gasteiger partial charge in [0, 0.05) is 18.0 Å². The van der Waals surface area contributed by atoms with Gasteiger partial charge in [-0.15, -0.1) is 0 Å². The summed E-state index contributed by atoms with van der Waals surface area (Å²) >= 11 is 0. The SMILES string of the molecule is CC(=O)N[C@H](C(=O)Nc1cccc2ccccc12)C(C)C. The van der Waals surface area contributed by atoms with Crippen molar-refractivity contribution in [1.82, 2.24) is 5.32 Å². The minimum Gasteiger partial charge on any atom is -0.344 e. The molecule has 0 spiro atoms. The van der Waals surface area contributed by atoms with Crippen LogP contribution in [-0.2, 0) is 9.59 Å². The normalized spacial score (nSPS) is 12.2. The lowest BCUT2D eigenvalue weighted by Crippen LogP contribution is -2.46. The Morgan fingerprint density at radius 2 is 1.67 bits per heavy atom. The van der Waals surface area contributed by atoms with Gasteiger partial charge in [0.2, 0.25) is 11.8 Å². The molecule has 2 aromatic rings. The molecule has 2 N–H and O–H groups in total. The number of carbonyl (C=O) groups is 2. The van der Waals surface area contributed by atoms with Gasteiger partial charge in [-0.25, -0.2) is 0 Å². The van der Waals surface area contributed by atoms with E-state index in [1.807, 2.05) is 56.3 Å². The first kappa shape index (κ1) is 15.0. The van der Waals surface area contributed by atoms with Crippen LogP contribution in [0.3, 0.4) is 0 Å². The molecule has 4 nitrogen and oxygen atoms in total. The zero-order valence-corrected chi connectivity index (χ0v) is 12.5. The smallest absolute Gasteiger partial charge is 0.247 e. The van der Waals surface area contributed by atoms with E-state index >= 15 is 0 Å². The van der Waals surface area contributed by atoms with Crippen LogP contribution in [0.25, 0.3) is 10.8 Å². The predicted octanol–water partition coefficient (Wildman–Crippen LogP) is 2.94. The molecule has 0 fully saturated rings. The summed E-state index contributed by atoms with van der Waals surface area (Å²) in [7, 11) is 0. The lowest BCUT2D eigenvalue weighted by Gasteiger charge is -2.21. The third-order valence-electron chi connectivity index (χ3n) is 3.36. The highest BCUT2D eigenvalue weighted by Gasteiger charge is 2.23. The van der Waals surface area contributed by atoms with E-state index in [0.29, 0.717) is 0 Å². The van der Waals surface area contributed by atoms with Gasteiger partial charge >= 0.3 is 0 Å². The average molecular weight is 284 g/mol. The van der Waals surface area contributed by atoms with Gasteiger partial charge in [-0.3, -0.25) is 9.59 Å². The van der Waals surface area contributed by atoms with E-state index in [4.69, 9.17) is 0 Å². The van der Waals surface area contributed by atoms with Crippen molar-refractivity contribution >= 4 is 28.3 Å². The molecule has 21 heavy (non-hydrogen) atoms. The summed E-state index contributed by atoms with van der Waals surface area (Å²) in [5, 5.41) is 7.67. The van der Waals surface area contributed by atoms with Crippen LogP contribution in [0, 0.1) is 5.92 Å². The molecule has 0 heterocycles. The average Bonchev–Trinajstić information content (AvgIpc) is 2.44. The van der Waals surface area contributed by atoms with Crippen molar-refractivity contribution in [3.05, 3.63) is 42.5 Å². The maximum Gasteiger partial charge on any atom is 0.247 e. The zero-order valence-electron chi connectivity index (χ0n) is 12.5. The molecule has 0 aliphatic rings. The second-order valence-electron chi connectivity index (χ2n) is 5.44. The Bertz CT molecular complexity index is 659. The highest BCUT2D eigenvalue weighted by molar-refractivity contribution is 6.04. The number of amides is 2. The number of hydrogen-bond acceptors (Lipinski definition) is 2. The Labute approximate surface area is 124 Å². The number of anilines is 1. The zero-order chi connectivity index (χ0) is 15.4. The predicted molar refractivity (Wildman–Crippen MR) is 85.0 cm³/mol. The molecule has 2 amide bonds. The summed E-state index contributed by atoms with van der Waals surface area (Å²) in [5.41, 5.74) is 0.758. The fourth-order valence-electron chi connectivity index (χ4n) is 2.30. The molecule has 2 aromatic carbocycles. The topological polar surface area (TPSA) is 58.2 Å². The van der Waals surface area contributed by atoms with Gasteiger partial charge in [0.05, 0.1) is 0 Å². The second-order valence-corrected chi connectivity index (χ2v) is 5.44. The number of nitrogens with one attached hydrogen (secondary N) is 2. The fraction of sp³-hybridized carbons (Fsp3) is 0.294. The number of hydrogen-bond donors (Lipinski definition) is 2. The Hall–Kier alpha value is -2.36. The summed E-state index contributed by atoms with van der Waals surface area (Å²) < 4.78 is 0. The standard InChI is InChI=1S/C17H20N2O2/c1-11(2)16(18-12(3)20)17(21)19-15-10-6-8-13-7-4-5-9-14(13)15/h4-11,16H,1-3H3,(H,18,20)(H,19,21)/t16-/m0/s1. The van der Waals surface area contributed by atoms with E-state index in [2.05, 4.69) is 10.6 Å². The van der Waals surface area contributed by atoms with Crippen LogP contribution < -0.4 is 10.6 Å². The number of fused-ring (bicyclic) bond motifs is 1. The van der Waals surface area contributed by atoms with Crippen LogP contribution in [0.5, 0.6) is 0 Å². The van der Waals surface area contributed by atoms with Crippen LogP contribution in [0.2, 0.25) is 0 Å². The molecule has 2 rings (SSSR count). The summed E-state index contributed by atoms with van der Waals surface area (Å²) in [4.78, 5) is 23.6. The Morgan fingerprint density at radius 1 is 1.00 bits per heavy atom. The van der Waals surface area contributed by atoms with Gasteiger partial charge in [-0.1, -0.05) is 50.2 Å². The molecule has 0 aliphatic heterocycles. The number of rotatable bonds is 4. The molecule has 1 atom stereocenters. The summed E-state index contributed by atoms with van der Waals surface area (Å²) in [5.74, 6) is -0.387. The molecule has 4 heteroatoms. The van der Waals surface area contributed by atoms with Gasteiger partial charge in [-0.05, 0) is 17.4 Å². The first-order valence-corrected chi connectivity index (χ1v) is 7.04. The van der Waals surface area contributed by atoms with Crippen LogP contribution >= 0.6 is 0 Å². The van der Waals surface area contributed by atoms with Crippen molar-refractivity contribution in [1.29, 1.82) is 0 Å². The summed E-state index contributed by atoms with van der Waals surface area (Å²) in [6.45, 7) is 5.23. The highest BCUT2D eigenvalue weighted by Crippen LogP contribution is 2.23. The lowest BCUT2D eigenvalue weighted by atomic mass is 10.0. The van der Waals surface area contributed by atoms with Gasteiger partial charge in [0.15, 0.2) is 0 Å². The van der Waals surface area contributed by atoms with Crippen molar-refractivity contribution < 1.29 is 9.59 Å².